The van der Waals surface area contributed by atoms with Crippen LogP contribution in [-0.2, 0) is 17.8 Å². The number of methoxy groups -OCH3 is 3. The first-order valence-corrected chi connectivity index (χ1v) is 12.2. The molecule has 198 valence electrons. The number of fused-ring (bicyclic) bond motifs is 1. The van der Waals surface area contributed by atoms with Gasteiger partial charge < -0.3 is 19.5 Å². The Kier molecular flexibility index (Phi) is 8.28. The van der Waals surface area contributed by atoms with Crippen LogP contribution in [0.25, 0.3) is 10.9 Å². The second-order valence-electron chi connectivity index (χ2n) is 8.92. The van der Waals surface area contributed by atoms with Crippen molar-refractivity contribution in [3.8, 4) is 11.5 Å². The Balaban J connectivity index is 1.78. The Morgan fingerprint density at radius 1 is 0.816 bits per heavy atom. The van der Waals surface area contributed by atoms with Crippen molar-refractivity contribution in [2.45, 2.75) is 20.0 Å². The first-order valence-electron chi connectivity index (χ1n) is 12.2. The second kappa shape index (κ2) is 11.8. The number of hydrogen-bond donors (Lipinski definition) is 1. The number of nitrogens with one attached hydrogen (secondary N) is 1. The minimum atomic E-state index is -0.448. The highest BCUT2D eigenvalue weighted by Crippen LogP contribution is 2.30. The molecule has 0 saturated carbocycles. The molecule has 1 N–H and O–H groups in total. The van der Waals surface area contributed by atoms with Gasteiger partial charge in [-0.25, -0.2) is 4.79 Å². The maximum Gasteiger partial charge on any atom is 0.332 e. The van der Waals surface area contributed by atoms with Gasteiger partial charge in [-0.05, 0) is 36.2 Å². The molecule has 0 spiro atoms. The molecule has 0 fully saturated rings. The van der Waals surface area contributed by atoms with Crippen LogP contribution in [0.3, 0.4) is 0 Å². The third kappa shape index (κ3) is 5.63. The van der Waals surface area contributed by atoms with Gasteiger partial charge in [0.1, 0.15) is 0 Å². The Labute approximate surface area is 220 Å². The summed E-state index contributed by atoms with van der Waals surface area (Å²) in [5.74, 6) is 0.597. The summed E-state index contributed by atoms with van der Waals surface area (Å²) in [6, 6.07) is 18.0. The summed E-state index contributed by atoms with van der Waals surface area (Å²) in [5, 5.41) is 3.10. The molecule has 0 aliphatic carbocycles. The fourth-order valence-corrected chi connectivity index (χ4v) is 4.22. The van der Waals surface area contributed by atoms with Crippen LogP contribution in [0.4, 0.5) is 0 Å². The second-order valence-corrected chi connectivity index (χ2v) is 8.92. The van der Waals surface area contributed by atoms with Gasteiger partial charge >= 0.3 is 5.69 Å². The largest absolute Gasteiger partial charge is 0.493 e. The van der Waals surface area contributed by atoms with Gasteiger partial charge in [0.2, 0.25) is 0 Å². The molecule has 4 aromatic rings. The van der Waals surface area contributed by atoms with Crippen molar-refractivity contribution in [2.75, 3.05) is 34.5 Å². The average molecular weight is 518 g/mol. The van der Waals surface area contributed by atoms with E-state index < -0.39 is 11.2 Å². The van der Waals surface area contributed by atoms with Crippen LogP contribution in [0.15, 0.2) is 70.3 Å². The molecule has 9 nitrogen and oxygen atoms in total. The molecular weight excluding hydrogens is 486 g/mol. The first kappa shape index (κ1) is 26.7. The van der Waals surface area contributed by atoms with Crippen LogP contribution in [0.5, 0.6) is 11.5 Å². The van der Waals surface area contributed by atoms with E-state index in [4.69, 9.17) is 14.2 Å². The third-order valence-electron chi connectivity index (χ3n) is 6.34. The smallest absolute Gasteiger partial charge is 0.332 e. The fourth-order valence-electron chi connectivity index (χ4n) is 4.22. The minimum Gasteiger partial charge on any atom is -0.493 e. The molecule has 4 rings (SSSR count). The summed E-state index contributed by atoms with van der Waals surface area (Å²) in [6.07, 6.45) is 0. The summed E-state index contributed by atoms with van der Waals surface area (Å²) in [4.78, 5) is 39.6. The van der Waals surface area contributed by atoms with E-state index in [0.717, 1.165) is 11.1 Å². The minimum absolute atomic E-state index is 0.0431. The van der Waals surface area contributed by atoms with E-state index in [0.29, 0.717) is 46.7 Å². The van der Waals surface area contributed by atoms with Crippen molar-refractivity contribution in [1.29, 1.82) is 0 Å². The number of rotatable bonds is 10. The van der Waals surface area contributed by atoms with Crippen molar-refractivity contribution in [2.24, 2.45) is 0 Å². The maximum atomic E-state index is 13.7. The molecule has 0 bridgehead atoms. The first-order chi connectivity index (χ1) is 18.4. The summed E-state index contributed by atoms with van der Waals surface area (Å²) >= 11 is 0. The molecule has 0 saturated heterocycles. The van der Waals surface area contributed by atoms with Gasteiger partial charge in [-0.2, -0.15) is 0 Å². The van der Waals surface area contributed by atoms with Crippen LogP contribution < -0.4 is 26.0 Å². The number of amides is 1. The van der Waals surface area contributed by atoms with Gasteiger partial charge in [-0.1, -0.05) is 42.0 Å². The van der Waals surface area contributed by atoms with E-state index in [1.807, 2.05) is 31.2 Å². The van der Waals surface area contributed by atoms with Gasteiger partial charge in [0.05, 0.1) is 44.8 Å². The number of carbonyl (C=O) groups is 1. The van der Waals surface area contributed by atoms with E-state index >= 15 is 0 Å². The Bertz CT molecular complexity index is 1550. The number of ether oxygens (including phenoxy) is 3. The van der Waals surface area contributed by atoms with E-state index in [-0.39, 0.29) is 19.0 Å². The standard InChI is InChI=1S/C29H31N3O6/c1-19-5-7-20(8-6-19)17-31-24-16-26(38-4)25(37-3)15-23(24)28(34)32(29(31)35)18-21-9-11-22(12-10-21)27(33)30-13-14-36-2/h5-12,15-16H,13-14,17-18H2,1-4H3,(H,30,33). The molecule has 1 aromatic heterocycles. The number of hydrogen-bond acceptors (Lipinski definition) is 6. The summed E-state index contributed by atoms with van der Waals surface area (Å²) < 4.78 is 18.6. The van der Waals surface area contributed by atoms with Gasteiger partial charge in [-0.15, -0.1) is 0 Å². The van der Waals surface area contributed by atoms with Crippen molar-refractivity contribution in [3.63, 3.8) is 0 Å². The van der Waals surface area contributed by atoms with Gasteiger partial charge in [0, 0.05) is 25.3 Å². The molecule has 0 atom stereocenters. The Morgan fingerprint density at radius 2 is 1.39 bits per heavy atom. The quantitative estimate of drug-likeness (QED) is 0.325. The van der Waals surface area contributed by atoms with Crippen molar-refractivity contribution < 1.29 is 19.0 Å². The highest BCUT2D eigenvalue weighted by Gasteiger charge is 2.18. The zero-order valence-corrected chi connectivity index (χ0v) is 21.9. The topological polar surface area (TPSA) is 101 Å². The van der Waals surface area contributed by atoms with E-state index in [2.05, 4.69) is 5.32 Å². The lowest BCUT2D eigenvalue weighted by molar-refractivity contribution is 0.0937. The maximum absolute atomic E-state index is 13.7. The molecular formula is C29H31N3O6. The molecule has 38 heavy (non-hydrogen) atoms. The predicted octanol–water partition coefficient (Wildman–Crippen LogP) is 2.96. The molecule has 1 heterocycles. The molecule has 1 amide bonds. The average Bonchev–Trinajstić information content (AvgIpc) is 2.94. The summed E-state index contributed by atoms with van der Waals surface area (Å²) in [6.45, 7) is 3.13. The Hall–Kier alpha value is -4.37. The molecule has 0 aliphatic heterocycles. The molecule has 0 aliphatic rings. The van der Waals surface area contributed by atoms with Crippen LogP contribution in [0, 0.1) is 6.92 Å². The number of nitrogens with zero attached hydrogens (tertiary/aromatic N) is 2. The fraction of sp³-hybridized carbons (Fsp3) is 0.276. The van der Waals surface area contributed by atoms with Crippen LogP contribution >= 0.6 is 0 Å². The zero-order chi connectivity index (χ0) is 27.2. The monoisotopic (exact) mass is 517 g/mol. The highest BCUT2D eigenvalue weighted by molar-refractivity contribution is 5.94. The predicted molar refractivity (Wildman–Crippen MR) is 146 cm³/mol. The van der Waals surface area contributed by atoms with Gasteiger partial charge in [0.25, 0.3) is 11.5 Å². The molecule has 3 aromatic carbocycles. The highest BCUT2D eigenvalue weighted by atomic mass is 16.5. The molecule has 0 radical (unpaired) electrons. The number of carbonyl (C=O) groups excluding carboxylic acids is 1. The van der Waals surface area contributed by atoms with E-state index in [9.17, 15) is 14.4 Å². The van der Waals surface area contributed by atoms with Crippen LogP contribution in [0.2, 0.25) is 0 Å². The molecule has 9 heteroatoms. The van der Waals surface area contributed by atoms with Crippen molar-refractivity contribution in [3.05, 3.63) is 104 Å². The van der Waals surface area contributed by atoms with Gasteiger partial charge in [-0.3, -0.25) is 18.7 Å². The number of aryl methyl sites for hydroxylation is 1. The normalized spacial score (nSPS) is 10.9. The Morgan fingerprint density at radius 3 is 2.00 bits per heavy atom. The molecule has 0 unspecified atom stereocenters. The third-order valence-corrected chi connectivity index (χ3v) is 6.34. The zero-order valence-electron chi connectivity index (χ0n) is 21.9. The van der Waals surface area contributed by atoms with Gasteiger partial charge in [0.15, 0.2) is 11.5 Å². The number of benzene rings is 3. The van der Waals surface area contributed by atoms with Crippen molar-refractivity contribution >= 4 is 16.8 Å². The lowest BCUT2D eigenvalue weighted by Gasteiger charge is -2.17. The van der Waals surface area contributed by atoms with Crippen LogP contribution in [0.1, 0.15) is 27.0 Å². The van der Waals surface area contributed by atoms with E-state index in [1.54, 1.807) is 48.1 Å². The lowest BCUT2D eigenvalue weighted by Crippen LogP contribution is -2.40. The SMILES string of the molecule is COCCNC(=O)c1ccc(Cn2c(=O)c3cc(OC)c(OC)cc3n(Cc3ccc(C)cc3)c2=O)cc1. The summed E-state index contributed by atoms with van der Waals surface area (Å²) in [7, 11) is 4.57. The van der Waals surface area contributed by atoms with Crippen molar-refractivity contribution in [1.82, 2.24) is 14.5 Å². The lowest BCUT2D eigenvalue weighted by atomic mass is 10.1. The number of aromatic nitrogens is 2. The van der Waals surface area contributed by atoms with E-state index in [1.165, 1.54) is 18.8 Å². The van der Waals surface area contributed by atoms with Crippen LogP contribution in [-0.4, -0.2) is 49.5 Å². The summed E-state index contributed by atoms with van der Waals surface area (Å²) in [5.41, 5.74) is 2.78.